The molecule has 2 aromatic carbocycles. The van der Waals surface area contributed by atoms with E-state index >= 15 is 0 Å². The zero-order chi connectivity index (χ0) is 14.8. The standard InChI is InChI=1S/C16H16N4O/c1-11-6-3-4-7-12(11)10-15(21)17-13-8-5-9-14-16(13)18-19-20(14)2/h3-9H,10H2,1-2H3,(H,17,21). The summed E-state index contributed by atoms with van der Waals surface area (Å²) in [7, 11) is 1.83. The smallest absolute Gasteiger partial charge is 0.228 e. The van der Waals surface area contributed by atoms with Crippen LogP contribution in [0.15, 0.2) is 42.5 Å². The highest BCUT2D eigenvalue weighted by atomic mass is 16.1. The summed E-state index contributed by atoms with van der Waals surface area (Å²) in [5, 5.41) is 11.0. The van der Waals surface area contributed by atoms with Crippen LogP contribution in [0.1, 0.15) is 11.1 Å². The van der Waals surface area contributed by atoms with Crippen LogP contribution in [0.25, 0.3) is 11.0 Å². The molecule has 1 aromatic heterocycles. The second-order valence-electron chi connectivity index (χ2n) is 5.04. The molecule has 3 rings (SSSR count). The molecule has 0 spiro atoms. The number of anilines is 1. The highest BCUT2D eigenvalue weighted by molar-refractivity contribution is 6.00. The fraction of sp³-hybridized carbons (Fsp3) is 0.188. The Balaban J connectivity index is 1.82. The lowest BCUT2D eigenvalue weighted by Gasteiger charge is -2.07. The van der Waals surface area contributed by atoms with E-state index in [2.05, 4.69) is 15.6 Å². The number of rotatable bonds is 3. The first-order valence-electron chi connectivity index (χ1n) is 6.78. The second kappa shape index (κ2) is 5.36. The van der Waals surface area contributed by atoms with E-state index in [4.69, 9.17) is 0 Å². The van der Waals surface area contributed by atoms with Crippen molar-refractivity contribution in [3.05, 3.63) is 53.6 Å². The summed E-state index contributed by atoms with van der Waals surface area (Å²) in [5.74, 6) is -0.0533. The Morgan fingerprint density at radius 1 is 1.19 bits per heavy atom. The van der Waals surface area contributed by atoms with E-state index in [1.165, 1.54) is 0 Å². The third-order valence-corrected chi connectivity index (χ3v) is 3.53. The largest absolute Gasteiger partial charge is 0.324 e. The van der Waals surface area contributed by atoms with Crippen LogP contribution in [-0.2, 0) is 18.3 Å². The zero-order valence-corrected chi connectivity index (χ0v) is 12.0. The fourth-order valence-corrected chi connectivity index (χ4v) is 2.33. The molecule has 0 saturated heterocycles. The lowest BCUT2D eigenvalue weighted by Crippen LogP contribution is -2.15. The summed E-state index contributed by atoms with van der Waals surface area (Å²) in [6.07, 6.45) is 0.351. The van der Waals surface area contributed by atoms with Crippen LogP contribution in [-0.4, -0.2) is 20.9 Å². The van der Waals surface area contributed by atoms with Crippen LogP contribution in [0.3, 0.4) is 0 Å². The maximum atomic E-state index is 12.2. The summed E-state index contributed by atoms with van der Waals surface area (Å²) in [6, 6.07) is 13.5. The molecule has 1 N–H and O–H groups in total. The van der Waals surface area contributed by atoms with Crippen molar-refractivity contribution in [2.45, 2.75) is 13.3 Å². The molecule has 0 aliphatic carbocycles. The summed E-state index contributed by atoms with van der Waals surface area (Å²) in [6.45, 7) is 2.01. The maximum absolute atomic E-state index is 12.2. The molecule has 1 amide bonds. The van der Waals surface area contributed by atoms with Gasteiger partial charge in [-0.3, -0.25) is 4.79 Å². The van der Waals surface area contributed by atoms with Gasteiger partial charge in [0, 0.05) is 7.05 Å². The number of hydrogen-bond acceptors (Lipinski definition) is 3. The average Bonchev–Trinajstić information content (AvgIpc) is 2.84. The van der Waals surface area contributed by atoms with Gasteiger partial charge in [0.25, 0.3) is 0 Å². The lowest BCUT2D eigenvalue weighted by molar-refractivity contribution is -0.115. The van der Waals surface area contributed by atoms with Gasteiger partial charge in [0.15, 0.2) is 0 Å². The highest BCUT2D eigenvalue weighted by Crippen LogP contribution is 2.20. The van der Waals surface area contributed by atoms with E-state index in [1.807, 2.05) is 56.4 Å². The van der Waals surface area contributed by atoms with Crippen LogP contribution >= 0.6 is 0 Å². The van der Waals surface area contributed by atoms with Crippen molar-refractivity contribution in [2.75, 3.05) is 5.32 Å². The van der Waals surface area contributed by atoms with E-state index in [9.17, 15) is 4.79 Å². The van der Waals surface area contributed by atoms with Gasteiger partial charge < -0.3 is 5.32 Å². The lowest BCUT2D eigenvalue weighted by atomic mass is 10.1. The average molecular weight is 280 g/mol. The normalized spacial score (nSPS) is 10.8. The predicted octanol–water partition coefficient (Wildman–Crippen LogP) is 2.46. The number of nitrogens with zero attached hydrogens (tertiary/aromatic N) is 3. The molecule has 1 heterocycles. The SMILES string of the molecule is Cc1ccccc1CC(=O)Nc1cccc2c1nnn2C. The fourth-order valence-electron chi connectivity index (χ4n) is 2.33. The summed E-state index contributed by atoms with van der Waals surface area (Å²) in [5.41, 5.74) is 4.44. The van der Waals surface area contributed by atoms with Crippen LogP contribution in [0.5, 0.6) is 0 Å². The van der Waals surface area contributed by atoms with Crippen molar-refractivity contribution in [3.8, 4) is 0 Å². The molecule has 0 saturated carbocycles. The minimum atomic E-state index is -0.0533. The maximum Gasteiger partial charge on any atom is 0.228 e. The van der Waals surface area contributed by atoms with Crippen molar-refractivity contribution >= 4 is 22.6 Å². The number of benzene rings is 2. The monoisotopic (exact) mass is 280 g/mol. The van der Waals surface area contributed by atoms with Gasteiger partial charge in [-0.05, 0) is 30.2 Å². The molecule has 5 heteroatoms. The Labute approximate surface area is 122 Å². The minimum absolute atomic E-state index is 0.0533. The Hall–Kier alpha value is -2.69. The highest BCUT2D eigenvalue weighted by Gasteiger charge is 2.11. The van der Waals surface area contributed by atoms with Gasteiger partial charge in [0.2, 0.25) is 5.91 Å². The first-order valence-corrected chi connectivity index (χ1v) is 6.78. The molecule has 21 heavy (non-hydrogen) atoms. The minimum Gasteiger partial charge on any atom is -0.324 e. The van der Waals surface area contributed by atoms with Crippen molar-refractivity contribution in [1.29, 1.82) is 0 Å². The third kappa shape index (κ3) is 2.63. The molecule has 106 valence electrons. The van der Waals surface area contributed by atoms with Crippen LogP contribution in [0, 0.1) is 6.92 Å². The van der Waals surface area contributed by atoms with E-state index < -0.39 is 0 Å². The zero-order valence-electron chi connectivity index (χ0n) is 12.0. The van der Waals surface area contributed by atoms with Gasteiger partial charge in [-0.25, -0.2) is 4.68 Å². The van der Waals surface area contributed by atoms with Gasteiger partial charge in [0.05, 0.1) is 17.6 Å². The number of carbonyl (C=O) groups excluding carboxylic acids is 1. The molecule has 5 nitrogen and oxygen atoms in total. The predicted molar refractivity (Wildman–Crippen MR) is 82.0 cm³/mol. The number of hydrogen-bond donors (Lipinski definition) is 1. The molecule has 0 unspecified atom stereocenters. The Kier molecular flexibility index (Phi) is 3.39. The van der Waals surface area contributed by atoms with Gasteiger partial charge in [-0.2, -0.15) is 0 Å². The van der Waals surface area contributed by atoms with Crippen LogP contribution in [0.4, 0.5) is 5.69 Å². The quantitative estimate of drug-likeness (QED) is 0.801. The second-order valence-corrected chi connectivity index (χ2v) is 5.04. The topological polar surface area (TPSA) is 59.8 Å². The van der Waals surface area contributed by atoms with E-state index in [-0.39, 0.29) is 5.91 Å². The molecule has 0 atom stereocenters. The molecule has 0 radical (unpaired) electrons. The van der Waals surface area contributed by atoms with E-state index in [1.54, 1.807) is 4.68 Å². The molecule has 0 bridgehead atoms. The molecule has 0 aliphatic heterocycles. The molecular formula is C16H16N4O. The van der Waals surface area contributed by atoms with Crippen molar-refractivity contribution in [1.82, 2.24) is 15.0 Å². The molecule has 0 fully saturated rings. The number of aryl methyl sites for hydroxylation is 2. The van der Waals surface area contributed by atoms with Gasteiger partial charge in [-0.1, -0.05) is 35.5 Å². The molecule has 0 aliphatic rings. The van der Waals surface area contributed by atoms with Crippen molar-refractivity contribution < 1.29 is 4.79 Å². The number of amides is 1. The summed E-state index contributed by atoms with van der Waals surface area (Å²) < 4.78 is 1.69. The first kappa shape index (κ1) is 13.3. The first-order chi connectivity index (χ1) is 10.1. The van der Waals surface area contributed by atoms with Crippen molar-refractivity contribution in [2.24, 2.45) is 7.05 Å². The molecular weight excluding hydrogens is 264 g/mol. The van der Waals surface area contributed by atoms with E-state index in [0.29, 0.717) is 17.6 Å². The van der Waals surface area contributed by atoms with Crippen LogP contribution < -0.4 is 5.32 Å². The van der Waals surface area contributed by atoms with Gasteiger partial charge in [0.1, 0.15) is 5.52 Å². The number of carbonyl (C=O) groups is 1. The Morgan fingerprint density at radius 3 is 2.81 bits per heavy atom. The van der Waals surface area contributed by atoms with Gasteiger partial charge in [-0.15, -0.1) is 5.10 Å². The Bertz CT molecular complexity index is 807. The summed E-state index contributed by atoms with van der Waals surface area (Å²) >= 11 is 0. The number of fused-ring (bicyclic) bond motifs is 1. The van der Waals surface area contributed by atoms with E-state index in [0.717, 1.165) is 16.6 Å². The third-order valence-electron chi connectivity index (χ3n) is 3.53. The van der Waals surface area contributed by atoms with Crippen LogP contribution in [0.2, 0.25) is 0 Å². The van der Waals surface area contributed by atoms with Crippen molar-refractivity contribution in [3.63, 3.8) is 0 Å². The van der Waals surface area contributed by atoms with Gasteiger partial charge >= 0.3 is 0 Å². The molecule has 3 aromatic rings. The Morgan fingerprint density at radius 2 is 2.00 bits per heavy atom. The number of nitrogens with one attached hydrogen (secondary N) is 1. The summed E-state index contributed by atoms with van der Waals surface area (Å²) in [4.78, 5) is 12.2. The number of aromatic nitrogens is 3.